The Morgan fingerprint density at radius 1 is 1.07 bits per heavy atom. The molecular formula is C25H25N3O2. The summed E-state index contributed by atoms with van der Waals surface area (Å²) < 4.78 is 2.18. The van der Waals surface area contributed by atoms with Crippen LogP contribution >= 0.6 is 0 Å². The van der Waals surface area contributed by atoms with E-state index in [9.17, 15) is 9.90 Å². The molecule has 0 atom stereocenters. The van der Waals surface area contributed by atoms with E-state index in [1.807, 2.05) is 43.3 Å². The molecule has 30 heavy (non-hydrogen) atoms. The van der Waals surface area contributed by atoms with E-state index in [0.717, 1.165) is 41.7 Å². The average Bonchev–Trinajstić information content (AvgIpc) is 3.04. The number of nitrogens with two attached hydrogens (primary N) is 1. The Balaban J connectivity index is 1.86. The fourth-order valence-electron chi connectivity index (χ4n) is 4.20. The van der Waals surface area contributed by atoms with Crippen LogP contribution in [0.3, 0.4) is 0 Å². The van der Waals surface area contributed by atoms with Crippen molar-refractivity contribution in [1.29, 1.82) is 0 Å². The molecule has 4 aromatic rings. The van der Waals surface area contributed by atoms with Gasteiger partial charge in [-0.15, -0.1) is 0 Å². The van der Waals surface area contributed by atoms with Crippen molar-refractivity contribution in [2.45, 2.75) is 33.2 Å². The molecule has 2 heterocycles. The molecule has 3 N–H and O–H groups in total. The summed E-state index contributed by atoms with van der Waals surface area (Å²) in [7, 11) is 0. The molecular weight excluding hydrogens is 374 g/mol. The topological polar surface area (TPSA) is 81.1 Å². The summed E-state index contributed by atoms with van der Waals surface area (Å²) in [5, 5.41) is 11.1. The fourth-order valence-corrected chi connectivity index (χ4v) is 4.20. The zero-order valence-electron chi connectivity index (χ0n) is 17.2. The first-order valence-electron chi connectivity index (χ1n) is 10.2. The van der Waals surface area contributed by atoms with E-state index in [4.69, 9.17) is 10.7 Å². The summed E-state index contributed by atoms with van der Waals surface area (Å²) in [5.41, 5.74) is 11.4. The zero-order chi connectivity index (χ0) is 21.3. The van der Waals surface area contributed by atoms with E-state index in [1.165, 1.54) is 5.56 Å². The Morgan fingerprint density at radius 3 is 2.53 bits per heavy atom. The van der Waals surface area contributed by atoms with Crippen LogP contribution in [0.15, 0.2) is 60.7 Å². The van der Waals surface area contributed by atoms with Gasteiger partial charge in [-0.05, 0) is 37.5 Å². The number of aromatic nitrogens is 2. The molecule has 0 unspecified atom stereocenters. The van der Waals surface area contributed by atoms with Crippen LogP contribution < -0.4 is 5.73 Å². The first-order chi connectivity index (χ1) is 14.5. The van der Waals surface area contributed by atoms with E-state index < -0.39 is 5.91 Å². The van der Waals surface area contributed by atoms with Crippen molar-refractivity contribution in [2.75, 3.05) is 0 Å². The van der Waals surface area contributed by atoms with Gasteiger partial charge in [0, 0.05) is 28.9 Å². The monoisotopic (exact) mass is 399 g/mol. The van der Waals surface area contributed by atoms with E-state index in [0.29, 0.717) is 16.8 Å². The second kappa shape index (κ2) is 8.03. The summed E-state index contributed by atoms with van der Waals surface area (Å²) in [4.78, 5) is 17.1. The van der Waals surface area contributed by atoms with Crippen LogP contribution in [0.5, 0.6) is 5.75 Å². The highest BCUT2D eigenvalue weighted by molar-refractivity contribution is 6.02. The van der Waals surface area contributed by atoms with Crippen LogP contribution in [0.25, 0.3) is 22.2 Å². The van der Waals surface area contributed by atoms with Crippen LogP contribution in [0.4, 0.5) is 0 Å². The number of nitrogens with zero attached hydrogens (tertiary/aromatic N) is 2. The number of primary amides is 1. The minimum atomic E-state index is -0.463. The molecule has 4 rings (SSSR count). The number of para-hydroxylation sites is 1. The Hall–Kier alpha value is -3.60. The van der Waals surface area contributed by atoms with Gasteiger partial charge in [0.05, 0.1) is 11.3 Å². The first-order valence-corrected chi connectivity index (χ1v) is 10.2. The third-order valence-corrected chi connectivity index (χ3v) is 5.63. The van der Waals surface area contributed by atoms with Crippen molar-refractivity contribution < 1.29 is 9.90 Å². The maximum atomic E-state index is 12.4. The fraction of sp³-hybridized carbons (Fsp3) is 0.200. The predicted octanol–water partition coefficient (Wildman–Crippen LogP) is 4.62. The number of amides is 1. The van der Waals surface area contributed by atoms with Gasteiger partial charge in [0.1, 0.15) is 11.3 Å². The number of rotatable bonds is 6. The molecule has 0 aliphatic heterocycles. The van der Waals surface area contributed by atoms with Gasteiger partial charge in [-0.3, -0.25) is 4.79 Å². The molecule has 0 saturated heterocycles. The molecule has 0 saturated carbocycles. The van der Waals surface area contributed by atoms with Gasteiger partial charge >= 0.3 is 0 Å². The highest BCUT2D eigenvalue weighted by Crippen LogP contribution is 2.34. The zero-order valence-corrected chi connectivity index (χ0v) is 17.2. The van der Waals surface area contributed by atoms with E-state index in [-0.39, 0.29) is 5.75 Å². The summed E-state index contributed by atoms with van der Waals surface area (Å²) in [6, 6.07) is 19.4. The van der Waals surface area contributed by atoms with Gasteiger partial charge in [0.2, 0.25) is 0 Å². The minimum Gasteiger partial charge on any atom is -0.506 e. The second-order valence-electron chi connectivity index (χ2n) is 7.43. The Labute approximate surface area is 175 Å². The predicted molar refractivity (Wildman–Crippen MR) is 120 cm³/mol. The second-order valence-corrected chi connectivity index (χ2v) is 7.43. The molecule has 0 bridgehead atoms. The SMILES string of the molecule is CCc1c(-c2ccc3cccc(O)c3n2)c(C(N)=O)c(C)n1CCc1ccccc1. The van der Waals surface area contributed by atoms with Gasteiger partial charge in [-0.1, -0.05) is 55.5 Å². The molecule has 2 aromatic heterocycles. The van der Waals surface area contributed by atoms with Crippen molar-refractivity contribution in [3.63, 3.8) is 0 Å². The number of carbonyl (C=O) groups is 1. The molecule has 5 heteroatoms. The number of pyridine rings is 1. The average molecular weight is 399 g/mol. The third-order valence-electron chi connectivity index (χ3n) is 5.63. The summed E-state index contributed by atoms with van der Waals surface area (Å²) in [6.45, 7) is 4.75. The summed E-state index contributed by atoms with van der Waals surface area (Å²) in [6.07, 6.45) is 1.59. The standard InChI is InChI=1S/C25H25N3O2/c1-3-20-23(19-13-12-18-10-7-11-21(29)24(18)27-19)22(25(26)30)16(2)28(20)15-14-17-8-5-4-6-9-17/h4-13,29H,3,14-15H2,1-2H3,(H2,26,30). The van der Waals surface area contributed by atoms with Crippen LogP contribution in [0, 0.1) is 6.92 Å². The Kier molecular flexibility index (Phi) is 5.27. The number of benzene rings is 2. The minimum absolute atomic E-state index is 0.119. The lowest BCUT2D eigenvalue weighted by Crippen LogP contribution is -2.14. The highest BCUT2D eigenvalue weighted by Gasteiger charge is 2.25. The summed E-state index contributed by atoms with van der Waals surface area (Å²) in [5.74, 6) is -0.344. The lowest BCUT2D eigenvalue weighted by Gasteiger charge is -2.12. The van der Waals surface area contributed by atoms with Crippen LogP contribution in [-0.2, 0) is 19.4 Å². The number of aryl methyl sites for hydroxylation is 1. The van der Waals surface area contributed by atoms with Gasteiger partial charge in [-0.2, -0.15) is 0 Å². The third kappa shape index (κ3) is 3.43. The van der Waals surface area contributed by atoms with Crippen molar-refractivity contribution >= 4 is 16.8 Å². The van der Waals surface area contributed by atoms with Gasteiger partial charge in [0.25, 0.3) is 5.91 Å². The van der Waals surface area contributed by atoms with E-state index in [2.05, 4.69) is 23.6 Å². The smallest absolute Gasteiger partial charge is 0.251 e. The van der Waals surface area contributed by atoms with Crippen LogP contribution in [-0.4, -0.2) is 20.6 Å². The van der Waals surface area contributed by atoms with Crippen molar-refractivity contribution in [3.8, 4) is 17.0 Å². The molecule has 5 nitrogen and oxygen atoms in total. The summed E-state index contributed by atoms with van der Waals surface area (Å²) >= 11 is 0. The van der Waals surface area contributed by atoms with Gasteiger partial charge in [0.15, 0.2) is 0 Å². The van der Waals surface area contributed by atoms with Gasteiger partial charge < -0.3 is 15.4 Å². The van der Waals surface area contributed by atoms with Crippen molar-refractivity contribution in [2.24, 2.45) is 5.73 Å². The molecule has 0 radical (unpaired) electrons. The van der Waals surface area contributed by atoms with Gasteiger partial charge in [-0.25, -0.2) is 4.98 Å². The normalized spacial score (nSPS) is 11.1. The first kappa shape index (κ1) is 19.7. The number of fused-ring (bicyclic) bond motifs is 1. The maximum Gasteiger partial charge on any atom is 0.251 e. The quantitative estimate of drug-likeness (QED) is 0.496. The molecule has 0 fully saturated rings. The van der Waals surface area contributed by atoms with E-state index >= 15 is 0 Å². The molecule has 152 valence electrons. The highest BCUT2D eigenvalue weighted by atomic mass is 16.3. The largest absolute Gasteiger partial charge is 0.506 e. The Bertz CT molecular complexity index is 1230. The van der Waals surface area contributed by atoms with Crippen molar-refractivity contribution in [3.05, 3.63) is 83.2 Å². The van der Waals surface area contributed by atoms with Crippen molar-refractivity contribution in [1.82, 2.24) is 9.55 Å². The Morgan fingerprint density at radius 2 is 1.83 bits per heavy atom. The molecule has 0 aliphatic rings. The van der Waals surface area contributed by atoms with E-state index in [1.54, 1.807) is 12.1 Å². The number of hydrogen-bond acceptors (Lipinski definition) is 3. The lowest BCUT2D eigenvalue weighted by atomic mass is 10.0. The maximum absolute atomic E-state index is 12.4. The molecule has 1 amide bonds. The number of aromatic hydroxyl groups is 1. The number of hydrogen-bond donors (Lipinski definition) is 2. The van der Waals surface area contributed by atoms with Crippen LogP contribution in [0.1, 0.15) is 34.2 Å². The number of phenols is 1. The lowest BCUT2D eigenvalue weighted by molar-refractivity contribution is 0.1000. The molecule has 2 aromatic carbocycles. The van der Waals surface area contributed by atoms with Crippen LogP contribution in [0.2, 0.25) is 0 Å². The molecule has 0 aliphatic carbocycles. The number of phenolic OH excluding ortho intramolecular Hbond substituents is 1. The molecule has 0 spiro atoms. The number of carbonyl (C=O) groups excluding carboxylic acids is 1.